The van der Waals surface area contributed by atoms with E-state index in [4.69, 9.17) is 21.4 Å². The minimum Gasteiger partial charge on any atom is -0.492 e. The first kappa shape index (κ1) is 15.8. The molecule has 0 aliphatic carbocycles. The Morgan fingerprint density at radius 2 is 2.29 bits per heavy atom. The Bertz CT molecular complexity index is 549. The van der Waals surface area contributed by atoms with Gasteiger partial charge in [-0.15, -0.1) is 0 Å². The van der Waals surface area contributed by atoms with E-state index in [0.29, 0.717) is 30.2 Å². The van der Waals surface area contributed by atoms with E-state index in [1.54, 1.807) is 6.07 Å². The molecule has 114 valence electrons. The number of carbonyl (C=O) groups is 1. The van der Waals surface area contributed by atoms with E-state index in [9.17, 15) is 4.79 Å². The number of halogens is 1. The lowest BCUT2D eigenvalue weighted by atomic mass is 9.93. The van der Waals surface area contributed by atoms with Crippen molar-refractivity contribution in [2.45, 2.75) is 26.7 Å². The molecule has 6 heteroatoms. The number of hydrazone groups is 1. The molecule has 1 unspecified atom stereocenters. The maximum atomic E-state index is 11.3. The van der Waals surface area contributed by atoms with Crippen LogP contribution in [0.1, 0.15) is 30.9 Å². The van der Waals surface area contributed by atoms with Crippen LogP contribution in [0.2, 0.25) is 5.02 Å². The Kier molecular flexibility index (Phi) is 5.20. The molecule has 1 aliphatic rings. The van der Waals surface area contributed by atoms with Gasteiger partial charge in [-0.3, -0.25) is 4.79 Å². The Balaban J connectivity index is 2.25. The van der Waals surface area contributed by atoms with Crippen LogP contribution in [-0.2, 0) is 4.79 Å². The van der Waals surface area contributed by atoms with Gasteiger partial charge in [0.2, 0.25) is 5.91 Å². The van der Waals surface area contributed by atoms with Gasteiger partial charge in [0.15, 0.2) is 0 Å². The first-order valence-electron chi connectivity index (χ1n) is 6.93. The summed E-state index contributed by atoms with van der Waals surface area (Å²) in [6, 6.07) is 3.75. The van der Waals surface area contributed by atoms with Gasteiger partial charge >= 0.3 is 0 Å². The van der Waals surface area contributed by atoms with Crippen LogP contribution in [0.5, 0.6) is 5.75 Å². The number of hydrogen-bond acceptors (Lipinski definition) is 4. The number of aryl methyl sites for hydroxylation is 1. The van der Waals surface area contributed by atoms with Crippen LogP contribution in [0.15, 0.2) is 17.2 Å². The highest BCUT2D eigenvalue weighted by molar-refractivity contribution is 6.32. The smallest absolute Gasteiger partial charge is 0.240 e. The predicted molar refractivity (Wildman–Crippen MR) is 81.8 cm³/mol. The normalized spacial score (nSPS) is 18.2. The first-order valence-corrected chi connectivity index (χ1v) is 7.31. The van der Waals surface area contributed by atoms with Gasteiger partial charge in [0.05, 0.1) is 17.3 Å². The van der Waals surface area contributed by atoms with Crippen LogP contribution >= 0.6 is 11.6 Å². The number of nitrogens with zero attached hydrogens (tertiary/aromatic N) is 1. The third-order valence-electron chi connectivity index (χ3n) is 3.33. The number of amides is 1. The van der Waals surface area contributed by atoms with Crippen LogP contribution in [0.3, 0.4) is 0 Å². The van der Waals surface area contributed by atoms with Crippen molar-refractivity contribution in [3.63, 3.8) is 0 Å². The topological polar surface area (TPSA) is 70.9 Å². The molecule has 1 heterocycles. The van der Waals surface area contributed by atoms with Gasteiger partial charge in [-0.25, -0.2) is 5.43 Å². The van der Waals surface area contributed by atoms with Crippen LogP contribution in [0.4, 0.5) is 0 Å². The van der Waals surface area contributed by atoms with Crippen molar-refractivity contribution < 1.29 is 14.6 Å². The fraction of sp³-hybridized carbons (Fsp3) is 0.467. The fourth-order valence-electron chi connectivity index (χ4n) is 2.30. The Hall–Kier alpha value is -1.59. The standard InChI is InChI=1S/C15H19ClN2O3/c1-9-7-13(20)17-18-14(9)11-6-10(2)15(12(16)8-11)21-5-3-4-19/h6,8-9,19H,3-5,7H2,1-2H3,(H,17,20). The van der Waals surface area contributed by atoms with Crippen LogP contribution in [-0.4, -0.2) is 29.9 Å². The highest BCUT2D eigenvalue weighted by Crippen LogP contribution is 2.31. The second-order valence-electron chi connectivity index (χ2n) is 5.17. The van der Waals surface area contributed by atoms with Crippen molar-refractivity contribution in [3.8, 4) is 5.75 Å². The molecule has 0 spiro atoms. The minimum absolute atomic E-state index is 0.0513. The quantitative estimate of drug-likeness (QED) is 0.820. The molecule has 5 nitrogen and oxygen atoms in total. The molecule has 1 amide bonds. The zero-order valence-electron chi connectivity index (χ0n) is 12.1. The summed E-state index contributed by atoms with van der Waals surface area (Å²) < 4.78 is 5.59. The number of aliphatic hydroxyl groups excluding tert-OH is 1. The van der Waals surface area contributed by atoms with Gasteiger partial charge in [-0.2, -0.15) is 5.10 Å². The van der Waals surface area contributed by atoms with E-state index in [-0.39, 0.29) is 18.4 Å². The summed E-state index contributed by atoms with van der Waals surface area (Å²) in [6.07, 6.45) is 0.984. The van der Waals surface area contributed by atoms with E-state index >= 15 is 0 Å². The molecule has 0 bridgehead atoms. The molecule has 2 rings (SSSR count). The van der Waals surface area contributed by atoms with Gasteiger partial charge in [-0.05, 0) is 24.6 Å². The van der Waals surface area contributed by atoms with Crippen molar-refractivity contribution in [2.75, 3.05) is 13.2 Å². The molecule has 1 atom stereocenters. The Labute approximate surface area is 128 Å². The summed E-state index contributed by atoms with van der Waals surface area (Å²) in [6.45, 7) is 4.38. The molecule has 0 saturated carbocycles. The average molecular weight is 311 g/mol. The van der Waals surface area contributed by atoms with E-state index in [0.717, 1.165) is 16.8 Å². The third kappa shape index (κ3) is 3.74. The Morgan fingerprint density at radius 1 is 1.52 bits per heavy atom. The number of aliphatic hydroxyl groups is 1. The molecular formula is C15H19ClN2O3. The number of ether oxygens (including phenoxy) is 1. The van der Waals surface area contributed by atoms with E-state index in [1.165, 1.54) is 0 Å². The monoisotopic (exact) mass is 310 g/mol. The predicted octanol–water partition coefficient (Wildman–Crippen LogP) is 2.27. The summed E-state index contributed by atoms with van der Waals surface area (Å²) >= 11 is 6.28. The number of carbonyl (C=O) groups excluding carboxylic acids is 1. The minimum atomic E-state index is -0.0713. The molecule has 2 N–H and O–H groups in total. The summed E-state index contributed by atoms with van der Waals surface area (Å²) in [7, 11) is 0. The molecule has 0 radical (unpaired) electrons. The molecule has 21 heavy (non-hydrogen) atoms. The van der Waals surface area contributed by atoms with Gasteiger partial charge in [0.25, 0.3) is 0 Å². The number of nitrogens with one attached hydrogen (secondary N) is 1. The van der Waals surface area contributed by atoms with Crippen molar-refractivity contribution in [1.29, 1.82) is 0 Å². The Morgan fingerprint density at radius 3 is 2.90 bits per heavy atom. The van der Waals surface area contributed by atoms with E-state index in [2.05, 4.69) is 10.5 Å². The zero-order valence-corrected chi connectivity index (χ0v) is 12.9. The highest BCUT2D eigenvalue weighted by Gasteiger charge is 2.23. The molecule has 1 aliphatic heterocycles. The lowest BCUT2D eigenvalue weighted by Gasteiger charge is -2.20. The maximum Gasteiger partial charge on any atom is 0.240 e. The van der Waals surface area contributed by atoms with Crippen molar-refractivity contribution in [2.24, 2.45) is 11.0 Å². The van der Waals surface area contributed by atoms with Crippen molar-refractivity contribution in [3.05, 3.63) is 28.3 Å². The SMILES string of the molecule is Cc1cc(C2=NNC(=O)CC2C)cc(Cl)c1OCCCO. The molecule has 0 fully saturated rings. The summed E-state index contributed by atoms with van der Waals surface area (Å²) in [5.74, 6) is 0.607. The molecular weight excluding hydrogens is 292 g/mol. The largest absolute Gasteiger partial charge is 0.492 e. The van der Waals surface area contributed by atoms with Gasteiger partial charge < -0.3 is 9.84 Å². The van der Waals surface area contributed by atoms with Gasteiger partial charge in [0, 0.05) is 30.9 Å². The highest BCUT2D eigenvalue weighted by atomic mass is 35.5. The number of benzene rings is 1. The lowest BCUT2D eigenvalue weighted by Crippen LogP contribution is -2.32. The average Bonchev–Trinajstić information content (AvgIpc) is 2.41. The zero-order chi connectivity index (χ0) is 15.4. The van der Waals surface area contributed by atoms with E-state index < -0.39 is 0 Å². The third-order valence-corrected chi connectivity index (χ3v) is 3.61. The van der Waals surface area contributed by atoms with Crippen LogP contribution in [0, 0.1) is 12.8 Å². The second kappa shape index (κ2) is 6.91. The summed E-state index contributed by atoms with van der Waals surface area (Å²) in [5.41, 5.74) is 5.12. The van der Waals surface area contributed by atoms with Crippen molar-refractivity contribution in [1.82, 2.24) is 5.43 Å². The summed E-state index contributed by atoms with van der Waals surface area (Å²) in [5, 5.41) is 13.4. The molecule has 0 saturated heterocycles. The maximum absolute atomic E-state index is 11.3. The molecule has 1 aromatic rings. The first-order chi connectivity index (χ1) is 10.0. The molecule has 0 aromatic heterocycles. The van der Waals surface area contributed by atoms with Gasteiger partial charge in [0.1, 0.15) is 5.75 Å². The number of rotatable bonds is 5. The van der Waals surface area contributed by atoms with Gasteiger partial charge in [-0.1, -0.05) is 18.5 Å². The van der Waals surface area contributed by atoms with Crippen LogP contribution in [0.25, 0.3) is 0 Å². The van der Waals surface area contributed by atoms with Crippen molar-refractivity contribution >= 4 is 23.2 Å². The molecule has 1 aromatic carbocycles. The van der Waals surface area contributed by atoms with Crippen LogP contribution < -0.4 is 10.2 Å². The lowest BCUT2D eigenvalue weighted by molar-refractivity contribution is -0.121. The fourth-order valence-corrected chi connectivity index (χ4v) is 2.62. The number of hydrogen-bond donors (Lipinski definition) is 2. The summed E-state index contributed by atoms with van der Waals surface area (Å²) in [4.78, 5) is 11.3. The second-order valence-corrected chi connectivity index (χ2v) is 5.57. The van der Waals surface area contributed by atoms with E-state index in [1.807, 2.05) is 19.9 Å².